The third kappa shape index (κ3) is 4.63. The fraction of sp³-hybridized carbons (Fsp3) is 0.240. The van der Waals surface area contributed by atoms with Gasteiger partial charge in [-0.2, -0.15) is 0 Å². The van der Waals surface area contributed by atoms with Gasteiger partial charge in [-0.15, -0.1) is 0 Å². The van der Waals surface area contributed by atoms with Gasteiger partial charge in [0.05, 0.1) is 13.2 Å². The number of nitrogens with two attached hydrogens (primary N) is 2. The molecule has 1 aromatic carbocycles. The average Bonchev–Trinajstić information content (AvgIpc) is 3.48. The fourth-order valence-corrected chi connectivity index (χ4v) is 4.22. The first-order valence-electron chi connectivity index (χ1n) is 11.3. The first-order valence-corrected chi connectivity index (χ1v) is 11.3. The van der Waals surface area contributed by atoms with Crippen molar-refractivity contribution in [2.45, 2.75) is 25.8 Å². The van der Waals surface area contributed by atoms with Gasteiger partial charge in [0.2, 0.25) is 5.91 Å². The van der Waals surface area contributed by atoms with Crippen molar-refractivity contribution in [2.75, 3.05) is 24.8 Å². The zero-order chi connectivity index (χ0) is 26.0. The summed E-state index contributed by atoms with van der Waals surface area (Å²) in [7, 11) is 1.52. The number of primary amides is 1. The van der Waals surface area contributed by atoms with Gasteiger partial charge in [-0.3, -0.25) is 14.4 Å². The molecule has 4 rings (SSSR count). The summed E-state index contributed by atoms with van der Waals surface area (Å²) in [6, 6.07) is 9.35. The van der Waals surface area contributed by atoms with Crippen LogP contribution >= 0.6 is 0 Å². The molecule has 36 heavy (non-hydrogen) atoms. The number of hydrogen-bond acceptors (Lipinski definition) is 7. The predicted molar refractivity (Wildman–Crippen MR) is 134 cm³/mol. The molecule has 1 aliphatic rings. The van der Waals surface area contributed by atoms with Crippen molar-refractivity contribution in [1.82, 2.24) is 19.5 Å². The predicted octanol–water partition coefficient (Wildman–Crippen LogP) is 2.26. The zero-order valence-corrected chi connectivity index (χ0v) is 20.0. The van der Waals surface area contributed by atoms with Crippen LogP contribution in [0.25, 0.3) is 11.3 Å². The molecule has 1 saturated heterocycles. The van der Waals surface area contributed by atoms with Crippen molar-refractivity contribution in [1.29, 1.82) is 0 Å². The second-order valence-corrected chi connectivity index (χ2v) is 8.45. The monoisotopic (exact) mass is 489 g/mol. The summed E-state index contributed by atoms with van der Waals surface area (Å²) in [5, 5.41) is 2.71. The average molecular weight is 490 g/mol. The molecule has 11 nitrogen and oxygen atoms in total. The molecule has 3 aromatic rings. The van der Waals surface area contributed by atoms with Crippen LogP contribution in [0.2, 0.25) is 0 Å². The van der Waals surface area contributed by atoms with E-state index in [4.69, 9.17) is 16.3 Å². The Labute approximate surface area is 207 Å². The number of pyridine rings is 1. The number of nitrogen functional groups attached to an aromatic ring is 1. The van der Waals surface area contributed by atoms with Crippen LogP contribution in [0, 0.1) is 0 Å². The lowest BCUT2D eigenvalue weighted by Gasteiger charge is -2.24. The lowest BCUT2D eigenvalue weighted by molar-refractivity contribution is -0.128. The first kappa shape index (κ1) is 24.5. The lowest BCUT2D eigenvalue weighted by atomic mass is 10.1. The van der Waals surface area contributed by atoms with Gasteiger partial charge in [0, 0.05) is 35.5 Å². The maximum atomic E-state index is 12.7. The maximum Gasteiger partial charge on any atom is 0.269 e. The van der Waals surface area contributed by atoms with Crippen LogP contribution in [0.15, 0.2) is 54.7 Å². The van der Waals surface area contributed by atoms with Crippen LogP contribution in [0.3, 0.4) is 0 Å². The van der Waals surface area contributed by atoms with Gasteiger partial charge in [-0.05, 0) is 38.0 Å². The highest BCUT2D eigenvalue weighted by molar-refractivity contribution is 6.04. The van der Waals surface area contributed by atoms with Crippen LogP contribution < -0.4 is 21.6 Å². The third-order valence-electron chi connectivity index (χ3n) is 5.98. The van der Waals surface area contributed by atoms with E-state index < -0.39 is 11.9 Å². The number of imidazole rings is 1. The molecule has 11 heteroatoms. The number of ether oxygens (including phenoxy) is 1. The van der Waals surface area contributed by atoms with Crippen LogP contribution in [0.5, 0.6) is 5.75 Å². The van der Waals surface area contributed by atoms with Crippen LogP contribution in [0.1, 0.15) is 52.5 Å². The quantitative estimate of drug-likeness (QED) is 0.339. The summed E-state index contributed by atoms with van der Waals surface area (Å²) >= 11 is 0. The number of anilines is 1. The van der Waals surface area contributed by atoms with Gasteiger partial charge in [0.1, 0.15) is 17.3 Å². The van der Waals surface area contributed by atoms with Gasteiger partial charge >= 0.3 is 0 Å². The summed E-state index contributed by atoms with van der Waals surface area (Å²) in [4.78, 5) is 48.0. The van der Waals surface area contributed by atoms with E-state index in [9.17, 15) is 14.4 Å². The number of hydrogen-bond donors (Lipinski definition) is 3. The molecule has 3 heterocycles. The number of methoxy groups -OCH3 is 1. The van der Waals surface area contributed by atoms with E-state index in [1.54, 1.807) is 48.2 Å². The standard InChI is InChI=1S/C25H27N7O4/c1-14(2)25(35)31-12-4-5-18(31)23-30-20(21(22(26)33)32(23)27)15-6-8-16(9-7-15)24(34)29-19-13-17(36-3)10-11-28-19/h6-11,13,18H,1,4-5,12,27H2,2-3H3,(H2,26,33)(H,28,29,34). The third-order valence-corrected chi connectivity index (χ3v) is 5.98. The molecule has 0 aliphatic carbocycles. The molecular weight excluding hydrogens is 462 g/mol. The van der Waals surface area contributed by atoms with E-state index in [0.717, 1.165) is 11.1 Å². The number of carbonyl (C=O) groups is 3. The summed E-state index contributed by atoms with van der Waals surface area (Å²) < 4.78 is 6.30. The van der Waals surface area contributed by atoms with Crippen molar-refractivity contribution in [3.05, 3.63) is 71.8 Å². The van der Waals surface area contributed by atoms with Crippen LogP contribution in [-0.2, 0) is 4.79 Å². The largest absolute Gasteiger partial charge is 0.497 e. The van der Waals surface area contributed by atoms with Crippen molar-refractivity contribution >= 4 is 23.5 Å². The molecule has 0 saturated carbocycles. The number of carbonyl (C=O) groups excluding carboxylic acids is 3. The Morgan fingerprint density at radius 2 is 1.92 bits per heavy atom. The van der Waals surface area contributed by atoms with E-state index >= 15 is 0 Å². The molecule has 0 bridgehead atoms. The SMILES string of the molecule is C=C(C)C(=O)N1CCCC1c1nc(-c2ccc(C(=O)Nc3cc(OC)ccn3)cc2)c(C(N)=O)n1N. The van der Waals surface area contributed by atoms with Crippen molar-refractivity contribution in [3.63, 3.8) is 0 Å². The minimum atomic E-state index is -0.757. The number of amides is 3. The lowest BCUT2D eigenvalue weighted by Crippen LogP contribution is -2.34. The number of nitrogens with zero attached hydrogens (tertiary/aromatic N) is 4. The molecule has 2 aromatic heterocycles. The number of benzene rings is 1. The number of aromatic nitrogens is 3. The molecule has 186 valence electrons. The molecule has 0 spiro atoms. The van der Waals surface area contributed by atoms with Crippen LogP contribution in [-0.4, -0.2) is 50.9 Å². The summed E-state index contributed by atoms with van der Waals surface area (Å²) in [6.45, 7) is 5.93. The second-order valence-electron chi connectivity index (χ2n) is 8.45. The maximum absolute atomic E-state index is 12.7. The van der Waals surface area contributed by atoms with Gasteiger partial charge in [0.25, 0.3) is 11.8 Å². The van der Waals surface area contributed by atoms with E-state index in [2.05, 4.69) is 21.9 Å². The highest BCUT2D eigenvalue weighted by Crippen LogP contribution is 2.35. The van der Waals surface area contributed by atoms with E-state index in [1.807, 2.05) is 0 Å². The molecule has 3 amide bonds. The molecular formula is C25H27N7O4. The topological polar surface area (TPSA) is 158 Å². The van der Waals surface area contributed by atoms with Crippen molar-refractivity contribution < 1.29 is 19.1 Å². The Morgan fingerprint density at radius 3 is 2.56 bits per heavy atom. The fourth-order valence-electron chi connectivity index (χ4n) is 4.22. The zero-order valence-electron chi connectivity index (χ0n) is 20.0. The Balaban J connectivity index is 1.63. The number of likely N-dealkylation sites (tertiary alicyclic amines) is 1. The highest BCUT2D eigenvalue weighted by atomic mass is 16.5. The summed E-state index contributed by atoms with van der Waals surface area (Å²) in [5.74, 6) is 6.21. The van der Waals surface area contributed by atoms with Gasteiger partial charge < -0.3 is 26.5 Å². The van der Waals surface area contributed by atoms with Gasteiger partial charge in [0.15, 0.2) is 11.5 Å². The normalized spacial score (nSPS) is 14.9. The van der Waals surface area contributed by atoms with Crippen LogP contribution in [0.4, 0.5) is 5.82 Å². The van der Waals surface area contributed by atoms with E-state index in [1.165, 1.54) is 13.3 Å². The molecule has 1 aliphatic heterocycles. The Kier molecular flexibility index (Phi) is 6.73. The number of rotatable bonds is 7. The van der Waals surface area contributed by atoms with E-state index in [-0.39, 0.29) is 23.2 Å². The van der Waals surface area contributed by atoms with Crippen molar-refractivity contribution in [3.8, 4) is 17.0 Å². The molecule has 1 fully saturated rings. The summed E-state index contributed by atoms with van der Waals surface area (Å²) in [5.41, 5.74) is 7.24. The van der Waals surface area contributed by atoms with E-state index in [0.29, 0.717) is 47.1 Å². The minimum Gasteiger partial charge on any atom is -0.497 e. The smallest absolute Gasteiger partial charge is 0.269 e. The molecule has 0 radical (unpaired) electrons. The summed E-state index contributed by atoms with van der Waals surface area (Å²) in [6.07, 6.45) is 2.94. The number of nitrogens with one attached hydrogen (secondary N) is 1. The first-order chi connectivity index (χ1) is 17.2. The van der Waals surface area contributed by atoms with Crippen molar-refractivity contribution in [2.24, 2.45) is 5.73 Å². The Morgan fingerprint density at radius 1 is 1.19 bits per heavy atom. The molecule has 1 unspecified atom stereocenters. The molecule has 5 N–H and O–H groups in total. The minimum absolute atomic E-state index is 0.0115. The van der Waals surface area contributed by atoms with Gasteiger partial charge in [-0.25, -0.2) is 14.6 Å². The second kappa shape index (κ2) is 9.90. The Bertz CT molecular complexity index is 1350. The van der Waals surface area contributed by atoms with Gasteiger partial charge in [-0.1, -0.05) is 18.7 Å². The highest BCUT2D eigenvalue weighted by Gasteiger charge is 2.35. The Hall–Kier alpha value is -4.67. The molecule has 1 atom stereocenters.